The molecule has 0 spiro atoms. The van der Waals surface area contributed by atoms with E-state index in [4.69, 9.17) is 23.8 Å². The van der Waals surface area contributed by atoms with Crippen LogP contribution in [0.1, 0.15) is 13.8 Å². The molecule has 0 atom stereocenters. The van der Waals surface area contributed by atoms with E-state index in [1.54, 1.807) is 6.07 Å². The summed E-state index contributed by atoms with van der Waals surface area (Å²) in [6, 6.07) is 3.68. The van der Waals surface area contributed by atoms with Gasteiger partial charge in [0, 0.05) is 13.1 Å². The van der Waals surface area contributed by atoms with Gasteiger partial charge in [0.1, 0.15) is 5.15 Å². The SMILES string of the molecule is CCN(CC)CCn1c(=S)[nH]c2ccc(Cl)nc21. The molecule has 4 nitrogen and oxygen atoms in total. The number of halogens is 1. The molecule has 6 heteroatoms. The summed E-state index contributed by atoms with van der Waals surface area (Å²) in [5.41, 5.74) is 1.77. The highest BCUT2D eigenvalue weighted by Gasteiger charge is 2.07. The molecule has 0 bridgehead atoms. The third kappa shape index (κ3) is 2.74. The largest absolute Gasteiger partial charge is 0.329 e. The van der Waals surface area contributed by atoms with E-state index in [1.165, 1.54) is 0 Å². The van der Waals surface area contributed by atoms with E-state index < -0.39 is 0 Å². The Morgan fingerprint density at radius 1 is 1.39 bits per heavy atom. The van der Waals surface area contributed by atoms with Crippen LogP contribution in [0.15, 0.2) is 12.1 Å². The molecule has 0 aliphatic carbocycles. The zero-order chi connectivity index (χ0) is 13.1. The highest BCUT2D eigenvalue weighted by molar-refractivity contribution is 7.71. The maximum Gasteiger partial charge on any atom is 0.179 e. The predicted octanol–water partition coefficient (Wildman–Crippen LogP) is 3.09. The van der Waals surface area contributed by atoms with Crippen molar-refractivity contribution < 1.29 is 0 Å². The van der Waals surface area contributed by atoms with Crippen molar-refractivity contribution in [2.75, 3.05) is 19.6 Å². The lowest BCUT2D eigenvalue weighted by Crippen LogP contribution is -2.27. The van der Waals surface area contributed by atoms with Crippen LogP contribution in [0.5, 0.6) is 0 Å². The topological polar surface area (TPSA) is 36.9 Å². The maximum atomic E-state index is 5.93. The molecule has 0 amide bonds. The number of aromatic amines is 1. The van der Waals surface area contributed by atoms with Gasteiger partial charge in [-0.25, -0.2) is 4.98 Å². The number of imidazole rings is 1. The van der Waals surface area contributed by atoms with Gasteiger partial charge in [0.25, 0.3) is 0 Å². The molecule has 1 N–H and O–H groups in total. The Bertz CT molecular complexity index is 585. The molecule has 0 unspecified atom stereocenters. The number of hydrogen-bond acceptors (Lipinski definition) is 3. The summed E-state index contributed by atoms with van der Waals surface area (Å²) >= 11 is 11.3. The Hall–Kier alpha value is -0.910. The van der Waals surface area contributed by atoms with Gasteiger partial charge in [-0.05, 0) is 37.4 Å². The Labute approximate surface area is 117 Å². The van der Waals surface area contributed by atoms with Crippen LogP contribution < -0.4 is 0 Å². The fourth-order valence-electron chi connectivity index (χ4n) is 2.00. The Morgan fingerprint density at radius 2 is 2.11 bits per heavy atom. The highest BCUT2D eigenvalue weighted by Crippen LogP contribution is 2.15. The Morgan fingerprint density at radius 3 is 2.78 bits per heavy atom. The van der Waals surface area contributed by atoms with E-state index in [9.17, 15) is 0 Å². The third-order valence-electron chi connectivity index (χ3n) is 3.12. The van der Waals surface area contributed by atoms with Gasteiger partial charge < -0.3 is 14.5 Å². The van der Waals surface area contributed by atoms with Gasteiger partial charge in [-0.3, -0.25) is 0 Å². The molecule has 0 aliphatic heterocycles. The zero-order valence-electron chi connectivity index (χ0n) is 10.6. The van der Waals surface area contributed by atoms with Crippen molar-refractivity contribution in [2.24, 2.45) is 0 Å². The summed E-state index contributed by atoms with van der Waals surface area (Å²) in [6.07, 6.45) is 0. The average Bonchev–Trinajstić information content (AvgIpc) is 2.66. The molecule has 2 aromatic rings. The van der Waals surface area contributed by atoms with Crippen LogP contribution in [0.25, 0.3) is 11.2 Å². The minimum absolute atomic E-state index is 0.494. The van der Waals surface area contributed by atoms with E-state index in [0.29, 0.717) is 9.92 Å². The number of nitrogens with zero attached hydrogens (tertiary/aromatic N) is 3. The molecule has 98 valence electrons. The average molecular weight is 285 g/mol. The second kappa shape index (κ2) is 5.82. The third-order valence-corrected chi connectivity index (χ3v) is 3.65. The molecule has 0 aromatic carbocycles. The van der Waals surface area contributed by atoms with Crippen molar-refractivity contribution in [1.29, 1.82) is 0 Å². The first-order chi connectivity index (χ1) is 8.65. The van der Waals surface area contributed by atoms with Crippen molar-refractivity contribution in [2.45, 2.75) is 20.4 Å². The van der Waals surface area contributed by atoms with Crippen molar-refractivity contribution in [3.8, 4) is 0 Å². The summed E-state index contributed by atoms with van der Waals surface area (Å²) in [7, 11) is 0. The summed E-state index contributed by atoms with van der Waals surface area (Å²) in [6.45, 7) is 8.19. The monoisotopic (exact) mass is 284 g/mol. The molecule has 2 aromatic heterocycles. The van der Waals surface area contributed by atoms with Gasteiger partial charge in [-0.15, -0.1) is 0 Å². The van der Waals surface area contributed by atoms with Crippen LogP contribution >= 0.6 is 23.8 Å². The molecule has 0 saturated carbocycles. The van der Waals surface area contributed by atoms with Crippen molar-refractivity contribution in [3.05, 3.63) is 22.1 Å². The molecule has 0 fully saturated rings. The number of aromatic nitrogens is 3. The fraction of sp³-hybridized carbons (Fsp3) is 0.500. The van der Waals surface area contributed by atoms with Crippen LogP contribution in [0.2, 0.25) is 5.15 Å². The quantitative estimate of drug-likeness (QED) is 0.677. The molecule has 18 heavy (non-hydrogen) atoms. The van der Waals surface area contributed by atoms with E-state index in [1.807, 2.05) is 10.6 Å². The molecular formula is C12H17ClN4S. The smallest absolute Gasteiger partial charge is 0.179 e. The molecule has 2 heterocycles. The van der Waals surface area contributed by atoms with Gasteiger partial charge in [0.15, 0.2) is 10.4 Å². The van der Waals surface area contributed by atoms with Crippen LogP contribution in [0, 0.1) is 4.77 Å². The lowest BCUT2D eigenvalue weighted by Gasteiger charge is -2.18. The number of likely N-dealkylation sites (N-methyl/N-ethyl adjacent to an activating group) is 1. The van der Waals surface area contributed by atoms with E-state index in [-0.39, 0.29) is 0 Å². The summed E-state index contributed by atoms with van der Waals surface area (Å²) in [4.78, 5) is 9.84. The van der Waals surface area contributed by atoms with Crippen LogP contribution in [-0.4, -0.2) is 39.1 Å². The number of fused-ring (bicyclic) bond motifs is 1. The molecular weight excluding hydrogens is 268 g/mol. The second-order valence-electron chi connectivity index (χ2n) is 4.11. The van der Waals surface area contributed by atoms with Crippen LogP contribution in [-0.2, 0) is 6.54 Å². The van der Waals surface area contributed by atoms with Gasteiger partial charge in [-0.2, -0.15) is 0 Å². The van der Waals surface area contributed by atoms with Gasteiger partial charge >= 0.3 is 0 Å². The highest BCUT2D eigenvalue weighted by atomic mass is 35.5. The number of hydrogen-bond donors (Lipinski definition) is 1. The normalized spacial score (nSPS) is 11.6. The first-order valence-corrected chi connectivity index (χ1v) is 6.91. The van der Waals surface area contributed by atoms with E-state index in [0.717, 1.165) is 37.3 Å². The van der Waals surface area contributed by atoms with Crippen molar-refractivity contribution in [1.82, 2.24) is 19.4 Å². The molecule has 0 radical (unpaired) electrons. The number of pyridine rings is 1. The number of nitrogens with one attached hydrogen (secondary N) is 1. The number of rotatable bonds is 5. The zero-order valence-corrected chi connectivity index (χ0v) is 12.2. The fourth-order valence-corrected chi connectivity index (χ4v) is 2.43. The Balaban J connectivity index is 2.29. The summed E-state index contributed by atoms with van der Waals surface area (Å²) in [5, 5.41) is 0.494. The van der Waals surface area contributed by atoms with Crippen LogP contribution in [0.3, 0.4) is 0 Å². The lowest BCUT2D eigenvalue weighted by atomic mass is 10.4. The van der Waals surface area contributed by atoms with E-state index in [2.05, 4.69) is 28.7 Å². The first-order valence-electron chi connectivity index (χ1n) is 6.13. The van der Waals surface area contributed by atoms with Crippen LogP contribution in [0.4, 0.5) is 0 Å². The first kappa shape index (κ1) is 13.5. The van der Waals surface area contributed by atoms with E-state index >= 15 is 0 Å². The minimum Gasteiger partial charge on any atom is -0.329 e. The van der Waals surface area contributed by atoms with Gasteiger partial charge in [-0.1, -0.05) is 25.4 Å². The van der Waals surface area contributed by atoms with Gasteiger partial charge in [0.2, 0.25) is 0 Å². The second-order valence-corrected chi connectivity index (χ2v) is 4.89. The lowest BCUT2D eigenvalue weighted by molar-refractivity contribution is 0.291. The molecule has 2 rings (SSSR count). The molecule has 0 aliphatic rings. The number of H-pyrrole nitrogens is 1. The Kier molecular flexibility index (Phi) is 4.37. The molecule has 0 saturated heterocycles. The maximum absolute atomic E-state index is 5.93. The van der Waals surface area contributed by atoms with Crippen molar-refractivity contribution in [3.63, 3.8) is 0 Å². The minimum atomic E-state index is 0.494. The standard InChI is InChI=1S/C12H17ClN4S/c1-3-16(4-2)7-8-17-11-9(14-12(17)18)5-6-10(13)15-11/h5-6H,3-4,7-8H2,1-2H3,(H,14,18). The predicted molar refractivity (Wildman–Crippen MR) is 77.7 cm³/mol. The van der Waals surface area contributed by atoms with Gasteiger partial charge in [0.05, 0.1) is 5.52 Å². The summed E-state index contributed by atoms with van der Waals surface area (Å²) in [5.74, 6) is 0. The van der Waals surface area contributed by atoms with Crippen molar-refractivity contribution >= 4 is 35.0 Å². The summed E-state index contributed by atoms with van der Waals surface area (Å²) < 4.78 is 2.71.